The van der Waals surface area contributed by atoms with Gasteiger partial charge in [-0.1, -0.05) is 129 Å². The van der Waals surface area contributed by atoms with Crippen molar-refractivity contribution in [3.8, 4) is 16.9 Å². The molecule has 0 fully saturated rings. The molecule has 0 spiro atoms. The van der Waals surface area contributed by atoms with Gasteiger partial charge in [-0.15, -0.1) is 0 Å². The van der Waals surface area contributed by atoms with E-state index in [1.54, 1.807) is 12.1 Å². The van der Waals surface area contributed by atoms with Crippen LogP contribution in [-0.2, 0) is 9.53 Å². The van der Waals surface area contributed by atoms with Gasteiger partial charge in [0.1, 0.15) is 5.75 Å². The van der Waals surface area contributed by atoms with Crippen molar-refractivity contribution in [1.29, 1.82) is 0 Å². The number of esters is 2. The average molecular weight is 537 g/mol. The summed E-state index contributed by atoms with van der Waals surface area (Å²) in [5.74, 6) is 0.680. The zero-order valence-corrected chi connectivity index (χ0v) is 24.8. The van der Waals surface area contributed by atoms with Crippen LogP contribution in [0.25, 0.3) is 11.1 Å². The Balaban J connectivity index is 1.59. The average Bonchev–Trinajstić information content (AvgIpc) is 2.95. The fourth-order valence-corrected chi connectivity index (χ4v) is 4.62. The lowest BCUT2D eigenvalue weighted by Gasteiger charge is -2.09. The monoisotopic (exact) mass is 536 g/mol. The van der Waals surface area contributed by atoms with Gasteiger partial charge in [-0.05, 0) is 54.2 Å². The van der Waals surface area contributed by atoms with E-state index < -0.39 is 0 Å². The van der Waals surface area contributed by atoms with Gasteiger partial charge in [-0.25, -0.2) is 4.79 Å². The third kappa shape index (κ3) is 14.4. The minimum Gasteiger partial charge on any atom is -0.462 e. The molecule has 4 nitrogen and oxygen atoms in total. The van der Waals surface area contributed by atoms with Crippen molar-refractivity contribution in [2.24, 2.45) is 5.92 Å². The Morgan fingerprint density at radius 3 is 1.67 bits per heavy atom. The van der Waals surface area contributed by atoms with E-state index >= 15 is 0 Å². The van der Waals surface area contributed by atoms with Gasteiger partial charge in [-0.2, -0.15) is 0 Å². The second kappa shape index (κ2) is 20.3. The highest BCUT2D eigenvalue weighted by Gasteiger charge is 2.09. The molecule has 4 heteroatoms. The Labute approximate surface area is 237 Å². The van der Waals surface area contributed by atoms with Crippen molar-refractivity contribution in [1.82, 2.24) is 0 Å². The van der Waals surface area contributed by atoms with E-state index in [2.05, 4.69) is 20.8 Å². The van der Waals surface area contributed by atoms with Gasteiger partial charge in [0.05, 0.1) is 12.2 Å². The van der Waals surface area contributed by atoms with Crippen LogP contribution in [-0.4, -0.2) is 18.5 Å². The summed E-state index contributed by atoms with van der Waals surface area (Å²) in [7, 11) is 0. The number of ether oxygens (including phenoxy) is 2. The van der Waals surface area contributed by atoms with Crippen molar-refractivity contribution in [3.05, 3.63) is 54.1 Å². The van der Waals surface area contributed by atoms with Crippen LogP contribution in [0.3, 0.4) is 0 Å². The molecule has 0 saturated heterocycles. The molecule has 2 aromatic rings. The Kier molecular flexibility index (Phi) is 17.0. The van der Waals surface area contributed by atoms with Gasteiger partial charge >= 0.3 is 11.9 Å². The fourth-order valence-electron chi connectivity index (χ4n) is 4.62. The number of carbonyl (C=O) groups is 2. The van der Waals surface area contributed by atoms with Crippen molar-refractivity contribution >= 4 is 11.9 Å². The molecule has 0 N–H and O–H groups in total. The first-order valence-electron chi connectivity index (χ1n) is 15.6. The maximum absolute atomic E-state index is 12.2. The smallest absolute Gasteiger partial charge is 0.338 e. The Morgan fingerprint density at radius 1 is 0.667 bits per heavy atom. The molecule has 1 unspecified atom stereocenters. The minimum atomic E-state index is -0.282. The van der Waals surface area contributed by atoms with Crippen molar-refractivity contribution in [3.63, 3.8) is 0 Å². The summed E-state index contributed by atoms with van der Waals surface area (Å²) in [6.07, 6.45) is 19.2. The molecular formula is C35H52O4. The fraction of sp³-hybridized carbons (Fsp3) is 0.600. The summed E-state index contributed by atoms with van der Waals surface area (Å²) in [6, 6.07) is 15.0. The molecule has 0 aromatic heterocycles. The first-order valence-corrected chi connectivity index (χ1v) is 15.6. The summed E-state index contributed by atoms with van der Waals surface area (Å²) in [4.78, 5) is 24.5. The van der Waals surface area contributed by atoms with Crippen LogP contribution in [0.4, 0.5) is 0 Å². The highest BCUT2D eigenvalue weighted by atomic mass is 16.5. The predicted octanol–water partition coefficient (Wildman–Crippen LogP) is 10.3. The topological polar surface area (TPSA) is 52.6 Å². The minimum absolute atomic E-state index is 0.165. The highest BCUT2D eigenvalue weighted by molar-refractivity contribution is 5.90. The van der Waals surface area contributed by atoms with E-state index in [1.807, 2.05) is 36.4 Å². The zero-order valence-electron chi connectivity index (χ0n) is 24.8. The molecular weight excluding hydrogens is 484 g/mol. The van der Waals surface area contributed by atoms with Crippen LogP contribution < -0.4 is 4.74 Å². The van der Waals surface area contributed by atoms with E-state index in [0.29, 0.717) is 30.3 Å². The van der Waals surface area contributed by atoms with E-state index in [9.17, 15) is 9.59 Å². The summed E-state index contributed by atoms with van der Waals surface area (Å²) in [5.41, 5.74) is 2.56. The maximum Gasteiger partial charge on any atom is 0.338 e. The Bertz CT molecular complexity index is 917. The first kappa shape index (κ1) is 32.6. The predicted molar refractivity (Wildman–Crippen MR) is 162 cm³/mol. The molecule has 216 valence electrons. The van der Waals surface area contributed by atoms with Crippen molar-refractivity contribution in [2.75, 3.05) is 6.61 Å². The molecule has 0 heterocycles. The van der Waals surface area contributed by atoms with Crippen molar-refractivity contribution in [2.45, 2.75) is 124 Å². The number of rotatable bonds is 21. The van der Waals surface area contributed by atoms with Crippen LogP contribution in [0.5, 0.6) is 5.75 Å². The van der Waals surface area contributed by atoms with Gasteiger partial charge in [-0.3, -0.25) is 4.79 Å². The Morgan fingerprint density at radius 2 is 1.15 bits per heavy atom. The van der Waals surface area contributed by atoms with E-state index in [1.165, 1.54) is 70.6 Å². The standard InChI is InChI=1S/C35H52O4/c1-4-6-7-8-9-10-11-12-13-14-15-16-17-18-34(36)39-33-25-23-31(24-26-33)30-19-21-32(22-20-30)35(37)38-28-27-29(3)5-2/h19-26,29H,4-18,27-28H2,1-3H3. The summed E-state index contributed by atoms with van der Waals surface area (Å²) < 4.78 is 10.9. The van der Waals surface area contributed by atoms with Gasteiger partial charge in [0.25, 0.3) is 0 Å². The van der Waals surface area contributed by atoms with Crippen LogP contribution in [0, 0.1) is 5.92 Å². The van der Waals surface area contributed by atoms with Crippen molar-refractivity contribution < 1.29 is 19.1 Å². The normalized spacial score (nSPS) is 11.8. The van der Waals surface area contributed by atoms with E-state index in [-0.39, 0.29) is 11.9 Å². The number of carbonyl (C=O) groups excluding carboxylic acids is 2. The van der Waals surface area contributed by atoms with E-state index in [0.717, 1.165) is 36.8 Å². The zero-order chi connectivity index (χ0) is 28.1. The quantitative estimate of drug-likeness (QED) is 0.0904. The molecule has 0 aliphatic heterocycles. The molecule has 0 amide bonds. The molecule has 0 aliphatic rings. The number of hydrogen-bond acceptors (Lipinski definition) is 4. The highest BCUT2D eigenvalue weighted by Crippen LogP contribution is 2.24. The van der Waals surface area contributed by atoms with Crippen LogP contribution in [0.2, 0.25) is 0 Å². The van der Waals surface area contributed by atoms with Gasteiger partial charge in [0.15, 0.2) is 0 Å². The second-order valence-corrected chi connectivity index (χ2v) is 11.0. The van der Waals surface area contributed by atoms with E-state index in [4.69, 9.17) is 9.47 Å². The third-order valence-corrected chi connectivity index (χ3v) is 7.57. The third-order valence-electron chi connectivity index (χ3n) is 7.57. The largest absolute Gasteiger partial charge is 0.462 e. The summed E-state index contributed by atoms with van der Waals surface area (Å²) in [6.45, 7) is 7.02. The SMILES string of the molecule is CCCCCCCCCCCCCCCC(=O)Oc1ccc(-c2ccc(C(=O)OCCC(C)CC)cc2)cc1. The lowest BCUT2D eigenvalue weighted by Crippen LogP contribution is -2.08. The molecule has 0 bridgehead atoms. The summed E-state index contributed by atoms with van der Waals surface area (Å²) in [5, 5.41) is 0. The molecule has 2 aromatic carbocycles. The number of unbranched alkanes of at least 4 members (excludes halogenated alkanes) is 12. The van der Waals surface area contributed by atoms with Gasteiger partial charge < -0.3 is 9.47 Å². The lowest BCUT2D eigenvalue weighted by atomic mass is 10.0. The van der Waals surface area contributed by atoms with Crippen LogP contribution in [0.1, 0.15) is 134 Å². The molecule has 1 atom stereocenters. The van der Waals surface area contributed by atoms with Crippen LogP contribution in [0.15, 0.2) is 48.5 Å². The first-order chi connectivity index (χ1) is 19.0. The molecule has 0 radical (unpaired) electrons. The van der Waals surface area contributed by atoms with Gasteiger partial charge in [0.2, 0.25) is 0 Å². The molecule has 2 rings (SSSR count). The lowest BCUT2D eigenvalue weighted by molar-refractivity contribution is -0.134. The number of hydrogen-bond donors (Lipinski definition) is 0. The van der Waals surface area contributed by atoms with Gasteiger partial charge in [0, 0.05) is 6.42 Å². The molecule has 39 heavy (non-hydrogen) atoms. The maximum atomic E-state index is 12.2. The second-order valence-electron chi connectivity index (χ2n) is 11.0. The molecule has 0 aliphatic carbocycles. The molecule has 0 saturated carbocycles. The van der Waals surface area contributed by atoms with Crippen LogP contribution >= 0.6 is 0 Å². The number of benzene rings is 2. The Hall–Kier alpha value is -2.62. The summed E-state index contributed by atoms with van der Waals surface area (Å²) >= 11 is 0.